The molecule has 0 atom stereocenters. The van der Waals surface area contributed by atoms with Crippen molar-refractivity contribution in [3.8, 4) is 12.0 Å². The molecule has 19 heavy (non-hydrogen) atoms. The molecule has 0 bridgehead atoms. The van der Waals surface area contributed by atoms with Crippen molar-refractivity contribution in [1.29, 1.82) is 0 Å². The van der Waals surface area contributed by atoms with Crippen LogP contribution in [-0.4, -0.2) is 18.2 Å². The van der Waals surface area contributed by atoms with E-state index in [2.05, 4.69) is 16.8 Å². The van der Waals surface area contributed by atoms with E-state index in [1.54, 1.807) is 12.2 Å². The number of benzene rings is 1. The molecule has 96 valence electrons. The maximum Gasteiger partial charge on any atom is 0.328 e. The Balaban J connectivity index is 2.86. The van der Waals surface area contributed by atoms with E-state index in [-0.39, 0.29) is 0 Å². The molecule has 0 fully saturated rings. The predicted octanol–water partition coefficient (Wildman–Crippen LogP) is 2.87. The third-order valence-electron chi connectivity index (χ3n) is 2.07. The van der Waals surface area contributed by atoms with Gasteiger partial charge in [0.15, 0.2) is 0 Å². The summed E-state index contributed by atoms with van der Waals surface area (Å²) in [4.78, 5) is 10.4. The smallest absolute Gasteiger partial charge is 0.328 e. The van der Waals surface area contributed by atoms with Gasteiger partial charge in [-0.25, -0.2) is 4.79 Å². The maximum absolute atomic E-state index is 10.4. The molecule has 0 aliphatic rings. The van der Waals surface area contributed by atoms with Crippen LogP contribution < -0.4 is 0 Å². The lowest BCUT2D eigenvalue weighted by molar-refractivity contribution is -0.131. The zero-order valence-corrected chi connectivity index (χ0v) is 10.5. The van der Waals surface area contributed by atoms with Crippen molar-refractivity contribution in [2.75, 3.05) is 7.11 Å². The first-order valence-electron chi connectivity index (χ1n) is 5.61. The van der Waals surface area contributed by atoms with E-state index in [9.17, 15) is 4.79 Å². The molecule has 0 heterocycles. The number of allylic oxidation sites excluding steroid dienone is 4. The Kier molecular flexibility index (Phi) is 6.32. The quantitative estimate of drug-likeness (QED) is 0.510. The number of aliphatic carboxylic acids is 1. The Bertz CT molecular complexity index is 555. The Hall–Kier alpha value is -2.73. The third kappa shape index (κ3) is 6.54. The van der Waals surface area contributed by atoms with Gasteiger partial charge in [0, 0.05) is 11.6 Å². The van der Waals surface area contributed by atoms with Gasteiger partial charge in [-0.15, -0.1) is 0 Å². The second-order valence-corrected chi connectivity index (χ2v) is 3.49. The molecule has 0 unspecified atom stereocenters. The summed E-state index contributed by atoms with van der Waals surface area (Å²) in [7, 11) is 1.47. The topological polar surface area (TPSA) is 46.5 Å². The van der Waals surface area contributed by atoms with E-state index in [1.807, 2.05) is 36.4 Å². The molecule has 0 aromatic heterocycles. The molecule has 0 radical (unpaired) electrons. The molecule has 1 N–H and O–H groups in total. The van der Waals surface area contributed by atoms with Crippen LogP contribution in [0.4, 0.5) is 0 Å². The lowest BCUT2D eigenvalue weighted by Crippen LogP contribution is -1.84. The van der Waals surface area contributed by atoms with Gasteiger partial charge in [0.05, 0.1) is 7.11 Å². The lowest BCUT2D eigenvalue weighted by atomic mass is 10.1. The number of hydrogen-bond acceptors (Lipinski definition) is 2. The second-order valence-electron chi connectivity index (χ2n) is 3.49. The molecule has 3 heteroatoms. The Morgan fingerprint density at radius 3 is 2.63 bits per heavy atom. The molecule has 0 aliphatic carbocycles. The Morgan fingerprint density at radius 1 is 1.26 bits per heavy atom. The monoisotopic (exact) mass is 254 g/mol. The van der Waals surface area contributed by atoms with Gasteiger partial charge in [-0.3, -0.25) is 0 Å². The average Bonchev–Trinajstić information content (AvgIpc) is 2.42. The summed E-state index contributed by atoms with van der Waals surface area (Å²) in [5.74, 6) is 1.77. The van der Waals surface area contributed by atoms with Crippen molar-refractivity contribution in [2.45, 2.75) is 0 Å². The molecule has 0 saturated heterocycles. The van der Waals surface area contributed by atoms with E-state index in [0.717, 1.165) is 11.6 Å². The lowest BCUT2D eigenvalue weighted by Gasteiger charge is -1.92. The maximum atomic E-state index is 10.4. The van der Waals surface area contributed by atoms with Crippen LogP contribution in [0.1, 0.15) is 5.56 Å². The summed E-state index contributed by atoms with van der Waals surface area (Å²) >= 11 is 0. The van der Waals surface area contributed by atoms with Crippen LogP contribution in [0.15, 0.2) is 60.2 Å². The molecule has 0 amide bonds. The predicted molar refractivity (Wildman–Crippen MR) is 75.1 cm³/mol. The zero-order chi connectivity index (χ0) is 13.9. The summed E-state index contributed by atoms with van der Waals surface area (Å²) in [5, 5.41) is 8.52. The molecular weight excluding hydrogens is 240 g/mol. The number of methoxy groups -OCH3 is 1. The summed E-state index contributed by atoms with van der Waals surface area (Å²) in [6.07, 6.45) is 10.2. The van der Waals surface area contributed by atoms with Crippen LogP contribution in [0.3, 0.4) is 0 Å². The van der Waals surface area contributed by atoms with Crippen LogP contribution in [0, 0.1) is 12.0 Å². The van der Waals surface area contributed by atoms with Gasteiger partial charge in [-0.2, -0.15) is 0 Å². The fourth-order valence-electron chi connectivity index (χ4n) is 1.23. The first kappa shape index (κ1) is 14.3. The van der Waals surface area contributed by atoms with Gasteiger partial charge in [-0.05, 0) is 23.6 Å². The fourth-order valence-corrected chi connectivity index (χ4v) is 1.23. The van der Waals surface area contributed by atoms with Gasteiger partial charge in [0.2, 0.25) is 0 Å². The summed E-state index contributed by atoms with van der Waals surface area (Å²) in [5.41, 5.74) is 1.69. The van der Waals surface area contributed by atoms with Crippen LogP contribution in [0.5, 0.6) is 0 Å². The van der Waals surface area contributed by atoms with Gasteiger partial charge in [-0.1, -0.05) is 42.5 Å². The highest BCUT2D eigenvalue weighted by atomic mass is 16.5. The minimum Gasteiger partial charge on any atom is -0.478 e. The largest absolute Gasteiger partial charge is 0.478 e. The zero-order valence-electron chi connectivity index (χ0n) is 10.5. The van der Waals surface area contributed by atoms with Crippen LogP contribution in [0.25, 0.3) is 6.08 Å². The average molecular weight is 254 g/mol. The number of hydrogen-bond donors (Lipinski definition) is 1. The number of rotatable bonds is 4. The van der Waals surface area contributed by atoms with Crippen LogP contribution in [0.2, 0.25) is 0 Å². The van der Waals surface area contributed by atoms with Crippen molar-refractivity contribution >= 4 is 12.0 Å². The fraction of sp³-hybridized carbons (Fsp3) is 0.0625. The normalized spacial score (nSPS) is 11.3. The molecule has 1 rings (SSSR count). The number of ether oxygens (including phenoxy) is 1. The third-order valence-corrected chi connectivity index (χ3v) is 2.07. The van der Waals surface area contributed by atoms with E-state index in [4.69, 9.17) is 5.11 Å². The summed E-state index contributed by atoms with van der Waals surface area (Å²) in [6, 6.07) is 9.74. The number of carbonyl (C=O) groups is 1. The Morgan fingerprint density at radius 2 is 2.00 bits per heavy atom. The summed E-state index contributed by atoms with van der Waals surface area (Å²) < 4.78 is 4.68. The van der Waals surface area contributed by atoms with Crippen molar-refractivity contribution in [3.05, 3.63) is 65.8 Å². The first-order valence-corrected chi connectivity index (χ1v) is 5.61. The minimum atomic E-state index is -0.998. The molecule has 1 aromatic rings. The second kappa shape index (κ2) is 8.37. The van der Waals surface area contributed by atoms with Crippen molar-refractivity contribution < 1.29 is 14.6 Å². The van der Waals surface area contributed by atoms with E-state index in [0.29, 0.717) is 5.57 Å². The van der Waals surface area contributed by atoms with Crippen molar-refractivity contribution in [3.63, 3.8) is 0 Å². The standard InChI is InChI=1S/C16H14O3/c1-19-13-12-15(8-5-9-16(17)18)11-10-14-6-3-2-4-7-14/h2-11H,1H3,(H,17,18)/b9-5-,11-10+,15-8-. The van der Waals surface area contributed by atoms with Crippen LogP contribution in [-0.2, 0) is 9.53 Å². The molecular formula is C16H14O3. The van der Waals surface area contributed by atoms with Crippen molar-refractivity contribution in [2.24, 2.45) is 0 Å². The van der Waals surface area contributed by atoms with E-state index in [1.165, 1.54) is 13.2 Å². The highest BCUT2D eigenvalue weighted by Crippen LogP contribution is 2.05. The minimum absolute atomic E-state index is 0.656. The van der Waals surface area contributed by atoms with Gasteiger partial charge >= 0.3 is 5.97 Å². The van der Waals surface area contributed by atoms with Gasteiger partial charge in [0.25, 0.3) is 0 Å². The summed E-state index contributed by atoms with van der Waals surface area (Å²) in [6.45, 7) is 0. The molecule has 3 nitrogen and oxygen atoms in total. The number of carboxylic acid groups (broad SMARTS) is 1. The first-order chi connectivity index (χ1) is 9.22. The van der Waals surface area contributed by atoms with E-state index >= 15 is 0 Å². The molecule has 0 spiro atoms. The number of carboxylic acids is 1. The van der Waals surface area contributed by atoms with E-state index < -0.39 is 5.97 Å². The van der Waals surface area contributed by atoms with Crippen molar-refractivity contribution in [1.82, 2.24) is 0 Å². The highest BCUT2D eigenvalue weighted by molar-refractivity contribution is 5.80. The van der Waals surface area contributed by atoms with Gasteiger partial charge < -0.3 is 9.84 Å². The van der Waals surface area contributed by atoms with Gasteiger partial charge in [0.1, 0.15) is 6.11 Å². The SMILES string of the molecule is COC#CC(=C\C=C/C(=O)O)/C=C/c1ccccc1. The molecule has 0 aliphatic heterocycles. The Labute approximate surface area is 112 Å². The molecule has 0 saturated carbocycles. The highest BCUT2D eigenvalue weighted by Gasteiger charge is 1.88. The van der Waals surface area contributed by atoms with Crippen LogP contribution >= 0.6 is 0 Å². The molecule has 1 aromatic carbocycles.